The van der Waals surface area contributed by atoms with Gasteiger partial charge in [0.15, 0.2) is 0 Å². The maximum atomic E-state index is 4.31. The highest BCUT2D eigenvalue weighted by molar-refractivity contribution is 8.23. The SMILES string of the molecule is SCCSC(SCCS)C(SCCS)SCCS. The highest BCUT2D eigenvalue weighted by atomic mass is 32.2. The van der Waals surface area contributed by atoms with Gasteiger partial charge in [0.2, 0.25) is 0 Å². The maximum Gasteiger partial charge on any atom is 0.0712 e. The van der Waals surface area contributed by atoms with Gasteiger partial charge in [-0.05, 0) is 23.0 Å². The first-order valence-electron chi connectivity index (χ1n) is 5.70. The van der Waals surface area contributed by atoms with E-state index in [2.05, 4.69) is 50.5 Å². The fourth-order valence-electron chi connectivity index (χ4n) is 1.09. The van der Waals surface area contributed by atoms with Gasteiger partial charge in [-0.15, -0.1) is 47.0 Å². The van der Waals surface area contributed by atoms with Crippen molar-refractivity contribution >= 4 is 97.6 Å². The van der Waals surface area contributed by atoms with Gasteiger partial charge in [0.05, 0.1) is 9.16 Å². The smallest absolute Gasteiger partial charge is 0.0712 e. The number of thioether (sulfide) groups is 4. The van der Waals surface area contributed by atoms with Gasteiger partial charge in [-0.3, -0.25) is 0 Å². The van der Waals surface area contributed by atoms with E-state index in [1.165, 1.54) is 0 Å². The van der Waals surface area contributed by atoms with E-state index < -0.39 is 0 Å². The first-order chi connectivity index (χ1) is 8.79. The van der Waals surface area contributed by atoms with Crippen molar-refractivity contribution in [3.8, 4) is 0 Å². The van der Waals surface area contributed by atoms with Crippen molar-refractivity contribution in [2.24, 2.45) is 0 Å². The molecule has 0 aromatic rings. The van der Waals surface area contributed by atoms with Crippen LogP contribution in [0, 0.1) is 0 Å². The lowest BCUT2D eigenvalue weighted by atomic mass is 10.9. The van der Waals surface area contributed by atoms with Crippen molar-refractivity contribution in [1.82, 2.24) is 0 Å². The monoisotopic (exact) mass is 398 g/mol. The Kier molecular flexibility index (Phi) is 18.7. The zero-order valence-corrected chi connectivity index (χ0v) is 17.1. The summed E-state index contributed by atoms with van der Waals surface area (Å²) in [6.07, 6.45) is 0. The molecule has 0 nitrogen and oxygen atoms in total. The first kappa shape index (κ1) is 20.8. The van der Waals surface area contributed by atoms with Gasteiger partial charge in [-0.2, -0.15) is 50.5 Å². The second-order valence-corrected chi connectivity index (χ2v) is 10.5. The van der Waals surface area contributed by atoms with Crippen molar-refractivity contribution in [2.75, 3.05) is 46.0 Å². The summed E-state index contributed by atoms with van der Waals surface area (Å²) in [5.41, 5.74) is 0. The van der Waals surface area contributed by atoms with E-state index >= 15 is 0 Å². The molecule has 0 heterocycles. The zero-order valence-electron chi connectivity index (χ0n) is 10.2. The molecule has 0 atom stereocenters. The van der Waals surface area contributed by atoms with E-state index in [4.69, 9.17) is 0 Å². The largest absolute Gasteiger partial charge is 0.179 e. The normalized spacial score (nSPS) is 11.7. The van der Waals surface area contributed by atoms with Crippen LogP contribution in [0.1, 0.15) is 0 Å². The van der Waals surface area contributed by atoms with Crippen molar-refractivity contribution in [3.05, 3.63) is 0 Å². The van der Waals surface area contributed by atoms with E-state index in [-0.39, 0.29) is 0 Å². The van der Waals surface area contributed by atoms with Crippen molar-refractivity contribution in [2.45, 2.75) is 9.16 Å². The average molecular weight is 399 g/mol. The lowest BCUT2D eigenvalue weighted by Crippen LogP contribution is -2.17. The van der Waals surface area contributed by atoms with Gasteiger partial charge in [0.25, 0.3) is 0 Å². The molecule has 0 saturated heterocycles. The topological polar surface area (TPSA) is 0 Å². The Morgan fingerprint density at radius 3 is 0.889 bits per heavy atom. The standard InChI is InChI=1S/C10H22S8/c11-1-5-15-9(16-6-2-12)10(17-7-3-13)18-8-4-14/h9-14H,1-8H2. The van der Waals surface area contributed by atoms with Crippen molar-refractivity contribution in [3.63, 3.8) is 0 Å². The first-order valence-corrected chi connectivity index (χ1v) is 12.4. The molecule has 0 aliphatic rings. The lowest BCUT2D eigenvalue weighted by molar-refractivity contribution is 1.31. The zero-order chi connectivity index (χ0) is 13.6. The third-order valence-electron chi connectivity index (χ3n) is 1.72. The minimum absolute atomic E-state index is 0.624. The molecular weight excluding hydrogens is 377 g/mol. The molecule has 0 aliphatic carbocycles. The molecular formula is C10H22S8. The van der Waals surface area contributed by atoms with Crippen LogP contribution >= 0.6 is 97.6 Å². The molecule has 0 fully saturated rings. The fourth-order valence-corrected chi connectivity index (χ4v) is 8.14. The van der Waals surface area contributed by atoms with Crippen LogP contribution in [-0.4, -0.2) is 55.2 Å². The summed E-state index contributed by atoms with van der Waals surface area (Å²) in [6, 6.07) is 0. The van der Waals surface area contributed by atoms with E-state index in [1.54, 1.807) is 0 Å². The molecule has 0 spiro atoms. The minimum Gasteiger partial charge on any atom is -0.179 e. The summed E-state index contributed by atoms with van der Waals surface area (Å²) in [7, 11) is 0. The van der Waals surface area contributed by atoms with Gasteiger partial charge < -0.3 is 0 Å². The Morgan fingerprint density at radius 1 is 0.500 bits per heavy atom. The van der Waals surface area contributed by atoms with E-state index in [0.29, 0.717) is 9.16 Å². The molecule has 0 rings (SSSR count). The van der Waals surface area contributed by atoms with Crippen LogP contribution in [0.3, 0.4) is 0 Å². The molecule has 8 heteroatoms. The predicted molar refractivity (Wildman–Crippen MR) is 113 cm³/mol. The minimum atomic E-state index is 0.624. The van der Waals surface area contributed by atoms with E-state index in [9.17, 15) is 0 Å². The molecule has 0 amide bonds. The summed E-state index contributed by atoms with van der Waals surface area (Å²) in [5.74, 6) is 8.26. The maximum absolute atomic E-state index is 4.31. The van der Waals surface area contributed by atoms with Gasteiger partial charge >= 0.3 is 0 Å². The average Bonchev–Trinajstić information content (AvgIpc) is 2.40. The Hall–Kier alpha value is 2.80. The lowest BCUT2D eigenvalue weighted by Gasteiger charge is -2.25. The molecule has 0 unspecified atom stereocenters. The summed E-state index contributed by atoms with van der Waals surface area (Å²) < 4.78 is 1.25. The third-order valence-corrected chi connectivity index (χ3v) is 10.3. The second kappa shape index (κ2) is 16.2. The Bertz CT molecular complexity index is 134. The Labute approximate surface area is 151 Å². The number of hydrogen-bond donors (Lipinski definition) is 4. The Balaban J connectivity index is 4.27. The molecule has 0 aromatic carbocycles. The van der Waals surface area contributed by atoms with Crippen LogP contribution in [0.2, 0.25) is 0 Å². The quantitative estimate of drug-likeness (QED) is 0.270. The summed E-state index contributed by atoms with van der Waals surface area (Å²) in [4.78, 5) is 0. The van der Waals surface area contributed by atoms with Crippen molar-refractivity contribution < 1.29 is 0 Å². The molecule has 0 radical (unpaired) electrons. The predicted octanol–water partition coefficient (Wildman–Crippen LogP) is 4.29. The van der Waals surface area contributed by atoms with Gasteiger partial charge in [0, 0.05) is 23.0 Å². The highest BCUT2D eigenvalue weighted by Gasteiger charge is 2.22. The molecule has 0 saturated carbocycles. The highest BCUT2D eigenvalue weighted by Crippen LogP contribution is 2.39. The summed E-state index contributed by atoms with van der Waals surface area (Å²) in [5, 5.41) is 0. The van der Waals surface area contributed by atoms with Crippen LogP contribution in [-0.2, 0) is 0 Å². The van der Waals surface area contributed by atoms with Crippen LogP contribution in [0.25, 0.3) is 0 Å². The molecule has 0 N–H and O–H groups in total. The molecule has 0 aromatic heterocycles. The fraction of sp³-hybridized carbons (Fsp3) is 1.00. The molecule has 0 aliphatic heterocycles. The Morgan fingerprint density at radius 2 is 0.722 bits per heavy atom. The summed E-state index contributed by atoms with van der Waals surface area (Å²) in [6.45, 7) is 0. The van der Waals surface area contributed by atoms with E-state index in [1.807, 2.05) is 47.0 Å². The molecule has 18 heavy (non-hydrogen) atoms. The van der Waals surface area contributed by atoms with E-state index in [0.717, 1.165) is 46.0 Å². The third kappa shape index (κ3) is 11.5. The van der Waals surface area contributed by atoms with Crippen LogP contribution in [0.5, 0.6) is 0 Å². The summed E-state index contributed by atoms with van der Waals surface area (Å²) >= 11 is 25.4. The van der Waals surface area contributed by atoms with Gasteiger partial charge in [-0.25, -0.2) is 0 Å². The van der Waals surface area contributed by atoms with Crippen molar-refractivity contribution in [1.29, 1.82) is 0 Å². The van der Waals surface area contributed by atoms with Crippen LogP contribution in [0.15, 0.2) is 0 Å². The molecule has 110 valence electrons. The van der Waals surface area contributed by atoms with Crippen LogP contribution < -0.4 is 0 Å². The molecule has 0 bridgehead atoms. The number of thiol groups is 4. The van der Waals surface area contributed by atoms with Crippen LogP contribution in [0.4, 0.5) is 0 Å². The number of rotatable bonds is 13. The number of hydrogen-bond acceptors (Lipinski definition) is 8. The van der Waals surface area contributed by atoms with Gasteiger partial charge in [-0.1, -0.05) is 0 Å². The van der Waals surface area contributed by atoms with Gasteiger partial charge in [0.1, 0.15) is 0 Å². The second-order valence-electron chi connectivity index (χ2n) is 3.11.